The van der Waals surface area contributed by atoms with Gasteiger partial charge >= 0.3 is 0 Å². The zero-order chi connectivity index (χ0) is 13.8. The van der Waals surface area contributed by atoms with E-state index in [1.807, 2.05) is 10.7 Å². The molecular weight excluding hydrogens is 285 g/mol. The highest BCUT2D eigenvalue weighted by Crippen LogP contribution is 2.28. The Labute approximate surface area is 121 Å². The number of nitrogens with zero attached hydrogens (tertiary/aromatic N) is 3. The Balaban J connectivity index is 2.38. The van der Waals surface area contributed by atoms with Crippen LogP contribution < -0.4 is 11.3 Å². The minimum absolute atomic E-state index is 0.226. The average molecular weight is 300 g/mol. The van der Waals surface area contributed by atoms with E-state index in [9.17, 15) is 0 Å². The van der Waals surface area contributed by atoms with Gasteiger partial charge in [0.05, 0.1) is 28.0 Å². The molecule has 0 aliphatic rings. The van der Waals surface area contributed by atoms with Gasteiger partial charge in [-0.3, -0.25) is 5.84 Å². The standard InChI is InChI=1S/C12H15Cl2N5/c1-2-5-19-11(7-16-18-19)12(17-15)8-3-4-9(13)10(14)6-8/h3-4,6-7,12,17H,2,5,15H2,1H3. The van der Waals surface area contributed by atoms with E-state index in [-0.39, 0.29) is 6.04 Å². The molecule has 1 heterocycles. The molecule has 19 heavy (non-hydrogen) atoms. The second kappa shape index (κ2) is 6.34. The van der Waals surface area contributed by atoms with Gasteiger partial charge in [0.25, 0.3) is 0 Å². The number of hydrogen-bond acceptors (Lipinski definition) is 4. The van der Waals surface area contributed by atoms with Crippen molar-refractivity contribution >= 4 is 23.2 Å². The molecule has 0 radical (unpaired) electrons. The van der Waals surface area contributed by atoms with Crippen molar-refractivity contribution in [2.24, 2.45) is 5.84 Å². The van der Waals surface area contributed by atoms with Crippen LogP contribution in [0.5, 0.6) is 0 Å². The van der Waals surface area contributed by atoms with Crippen molar-refractivity contribution in [2.75, 3.05) is 0 Å². The van der Waals surface area contributed by atoms with E-state index < -0.39 is 0 Å². The lowest BCUT2D eigenvalue weighted by molar-refractivity contribution is 0.512. The first-order chi connectivity index (χ1) is 9.17. The molecule has 1 aromatic carbocycles. The van der Waals surface area contributed by atoms with E-state index in [0.29, 0.717) is 10.0 Å². The number of hydrazine groups is 1. The van der Waals surface area contributed by atoms with Gasteiger partial charge in [0.15, 0.2) is 0 Å². The highest BCUT2D eigenvalue weighted by atomic mass is 35.5. The Hall–Kier alpha value is -1.14. The van der Waals surface area contributed by atoms with Gasteiger partial charge < -0.3 is 0 Å². The summed E-state index contributed by atoms with van der Waals surface area (Å²) in [4.78, 5) is 0. The predicted octanol–water partition coefficient (Wildman–Crippen LogP) is 2.55. The lowest BCUT2D eigenvalue weighted by atomic mass is 10.0. The highest BCUT2D eigenvalue weighted by Gasteiger charge is 2.18. The molecule has 0 spiro atoms. The van der Waals surface area contributed by atoms with Gasteiger partial charge in [-0.1, -0.05) is 41.4 Å². The molecule has 0 fully saturated rings. The van der Waals surface area contributed by atoms with Gasteiger partial charge in [0.1, 0.15) is 0 Å². The fourth-order valence-corrected chi connectivity index (χ4v) is 2.23. The van der Waals surface area contributed by atoms with Crippen LogP contribution in [0.25, 0.3) is 0 Å². The van der Waals surface area contributed by atoms with Gasteiger partial charge in [-0.2, -0.15) is 0 Å². The number of hydrogen-bond donors (Lipinski definition) is 2. The molecule has 5 nitrogen and oxygen atoms in total. The summed E-state index contributed by atoms with van der Waals surface area (Å²) in [6.07, 6.45) is 2.66. The lowest BCUT2D eigenvalue weighted by Crippen LogP contribution is -2.30. The average Bonchev–Trinajstić information content (AvgIpc) is 2.83. The van der Waals surface area contributed by atoms with Crippen LogP contribution in [0.15, 0.2) is 24.4 Å². The number of benzene rings is 1. The van der Waals surface area contributed by atoms with Crippen LogP contribution >= 0.6 is 23.2 Å². The van der Waals surface area contributed by atoms with Crippen LogP contribution in [-0.2, 0) is 6.54 Å². The minimum atomic E-state index is -0.226. The molecule has 0 saturated carbocycles. The SMILES string of the molecule is CCCn1nncc1C(NN)c1ccc(Cl)c(Cl)c1. The zero-order valence-corrected chi connectivity index (χ0v) is 12.0. The maximum atomic E-state index is 6.04. The number of rotatable bonds is 5. The summed E-state index contributed by atoms with van der Waals surface area (Å²) in [7, 11) is 0. The van der Waals surface area contributed by atoms with Crippen LogP contribution in [0.1, 0.15) is 30.6 Å². The molecule has 1 aromatic heterocycles. The minimum Gasteiger partial charge on any atom is -0.271 e. The highest BCUT2D eigenvalue weighted by molar-refractivity contribution is 6.42. The molecule has 7 heteroatoms. The molecule has 1 unspecified atom stereocenters. The Kier molecular flexibility index (Phi) is 4.76. The summed E-state index contributed by atoms with van der Waals surface area (Å²) >= 11 is 12.0. The third-order valence-electron chi connectivity index (χ3n) is 2.82. The van der Waals surface area contributed by atoms with E-state index >= 15 is 0 Å². The molecule has 3 N–H and O–H groups in total. The summed E-state index contributed by atoms with van der Waals surface area (Å²) in [5.41, 5.74) is 4.57. The van der Waals surface area contributed by atoms with Gasteiger partial charge in [-0.05, 0) is 24.1 Å². The van der Waals surface area contributed by atoms with E-state index in [1.54, 1.807) is 18.3 Å². The fourth-order valence-electron chi connectivity index (χ4n) is 1.92. The predicted molar refractivity (Wildman–Crippen MR) is 75.9 cm³/mol. The number of aromatic nitrogens is 3. The van der Waals surface area contributed by atoms with Crippen molar-refractivity contribution < 1.29 is 0 Å². The van der Waals surface area contributed by atoms with E-state index in [4.69, 9.17) is 29.0 Å². The van der Waals surface area contributed by atoms with E-state index in [1.165, 1.54) is 0 Å². The maximum Gasteiger partial charge on any atom is 0.0895 e. The normalized spacial score (nSPS) is 12.6. The van der Waals surface area contributed by atoms with Crippen LogP contribution in [0.2, 0.25) is 10.0 Å². The molecule has 2 rings (SSSR count). The van der Waals surface area contributed by atoms with Gasteiger partial charge in [-0.15, -0.1) is 5.10 Å². The molecule has 0 aliphatic heterocycles. The van der Waals surface area contributed by atoms with Gasteiger partial charge in [0, 0.05) is 6.54 Å². The molecule has 0 saturated heterocycles. The lowest BCUT2D eigenvalue weighted by Gasteiger charge is -2.17. The van der Waals surface area contributed by atoms with Crippen molar-refractivity contribution in [3.8, 4) is 0 Å². The smallest absolute Gasteiger partial charge is 0.0895 e. The first-order valence-electron chi connectivity index (χ1n) is 5.96. The zero-order valence-electron chi connectivity index (χ0n) is 10.5. The van der Waals surface area contributed by atoms with Crippen LogP contribution in [-0.4, -0.2) is 15.0 Å². The molecule has 1 atom stereocenters. The topological polar surface area (TPSA) is 68.8 Å². The molecule has 0 bridgehead atoms. The third-order valence-corrected chi connectivity index (χ3v) is 3.56. The first-order valence-corrected chi connectivity index (χ1v) is 6.72. The largest absolute Gasteiger partial charge is 0.271 e. The van der Waals surface area contributed by atoms with Crippen molar-refractivity contribution in [2.45, 2.75) is 25.9 Å². The van der Waals surface area contributed by atoms with Gasteiger partial charge in [-0.25, -0.2) is 10.1 Å². The second-order valence-corrected chi connectivity index (χ2v) is 4.97. The summed E-state index contributed by atoms with van der Waals surface area (Å²) in [5, 5.41) is 9.00. The number of nitrogens with two attached hydrogens (primary N) is 1. The van der Waals surface area contributed by atoms with Crippen molar-refractivity contribution in [3.63, 3.8) is 0 Å². The monoisotopic (exact) mass is 299 g/mol. The van der Waals surface area contributed by atoms with E-state index in [0.717, 1.165) is 24.2 Å². The van der Waals surface area contributed by atoms with Crippen LogP contribution in [0, 0.1) is 0 Å². The molecular formula is C12H15Cl2N5. The molecule has 0 aliphatic carbocycles. The van der Waals surface area contributed by atoms with Crippen molar-refractivity contribution in [1.29, 1.82) is 0 Å². The summed E-state index contributed by atoms with van der Waals surface area (Å²) in [6, 6.07) is 5.19. The van der Waals surface area contributed by atoms with Crippen molar-refractivity contribution in [3.05, 3.63) is 45.7 Å². The van der Waals surface area contributed by atoms with E-state index in [2.05, 4.69) is 22.7 Å². The first kappa shape index (κ1) is 14.3. The Morgan fingerprint density at radius 2 is 2.16 bits per heavy atom. The number of nitrogens with one attached hydrogen (secondary N) is 1. The fraction of sp³-hybridized carbons (Fsp3) is 0.333. The molecule has 2 aromatic rings. The summed E-state index contributed by atoms with van der Waals surface area (Å²) in [6.45, 7) is 2.87. The summed E-state index contributed by atoms with van der Waals surface area (Å²) < 4.78 is 1.83. The summed E-state index contributed by atoms with van der Waals surface area (Å²) in [5.74, 6) is 5.65. The maximum absolute atomic E-state index is 6.04. The van der Waals surface area contributed by atoms with Crippen molar-refractivity contribution in [1.82, 2.24) is 20.4 Å². The Morgan fingerprint density at radius 3 is 2.79 bits per heavy atom. The molecule has 0 amide bonds. The van der Waals surface area contributed by atoms with Gasteiger partial charge in [0.2, 0.25) is 0 Å². The molecule has 102 valence electrons. The third kappa shape index (κ3) is 3.06. The van der Waals surface area contributed by atoms with Crippen LogP contribution in [0.3, 0.4) is 0 Å². The quantitative estimate of drug-likeness (QED) is 0.657. The number of halogens is 2. The Morgan fingerprint density at radius 1 is 1.37 bits per heavy atom. The van der Waals surface area contributed by atoms with Crippen LogP contribution in [0.4, 0.5) is 0 Å². The number of aryl methyl sites for hydroxylation is 1. The Bertz CT molecular complexity index is 555. The second-order valence-electron chi connectivity index (χ2n) is 4.16.